The van der Waals surface area contributed by atoms with Gasteiger partial charge in [-0.15, -0.1) is 0 Å². The summed E-state index contributed by atoms with van der Waals surface area (Å²) in [6, 6.07) is 7.15. The largest absolute Gasteiger partial charge is 0.436 e. The van der Waals surface area contributed by atoms with Gasteiger partial charge in [0.25, 0.3) is 5.89 Å². The SMILES string of the molecule is CC(C)(C)C(=O)/C(=N\OC(=O)N(C(C)(C)C)C(C)(C)C)c1nc2ccccc2o1. The molecule has 0 spiro atoms. The zero-order valence-corrected chi connectivity index (χ0v) is 18.8. The summed E-state index contributed by atoms with van der Waals surface area (Å²) in [4.78, 5) is 37.0. The lowest BCUT2D eigenvalue weighted by Gasteiger charge is -2.43. The smallest absolute Gasteiger partial charge is 0.435 e. The fraction of sp³-hybridized carbons (Fsp3) is 0.545. The molecule has 2 rings (SSSR count). The van der Waals surface area contributed by atoms with Crippen molar-refractivity contribution in [3.05, 3.63) is 30.2 Å². The molecule has 0 aliphatic heterocycles. The van der Waals surface area contributed by atoms with E-state index in [2.05, 4.69) is 10.1 Å². The number of oxazole rings is 1. The number of hydrogen-bond donors (Lipinski definition) is 0. The molecular weight excluding hydrogens is 370 g/mol. The van der Waals surface area contributed by atoms with Crippen LogP contribution >= 0.6 is 0 Å². The van der Waals surface area contributed by atoms with Crippen LogP contribution in [0.5, 0.6) is 0 Å². The lowest BCUT2D eigenvalue weighted by molar-refractivity contribution is -0.119. The maximum atomic E-state index is 13.0. The van der Waals surface area contributed by atoms with Gasteiger partial charge in [-0.05, 0) is 53.7 Å². The summed E-state index contributed by atoms with van der Waals surface area (Å²) < 4.78 is 5.71. The molecule has 0 aliphatic carbocycles. The molecule has 0 N–H and O–H groups in total. The molecular formula is C22H31N3O4. The zero-order chi connectivity index (χ0) is 22.2. The molecule has 0 aliphatic rings. The predicted molar refractivity (Wildman–Crippen MR) is 113 cm³/mol. The van der Waals surface area contributed by atoms with E-state index < -0.39 is 22.6 Å². The average Bonchev–Trinajstić information content (AvgIpc) is 2.94. The molecule has 0 saturated carbocycles. The van der Waals surface area contributed by atoms with Crippen LogP contribution in [0.1, 0.15) is 68.2 Å². The van der Waals surface area contributed by atoms with Gasteiger partial charge in [0.1, 0.15) is 5.52 Å². The first kappa shape index (κ1) is 22.6. The molecule has 0 unspecified atom stereocenters. The molecule has 7 nitrogen and oxygen atoms in total. The molecule has 0 radical (unpaired) electrons. The van der Waals surface area contributed by atoms with E-state index in [1.807, 2.05) is 53.7 Å². The minimum Gasteiger partial charge on any atom is -0.435 e. The number of carbonyl (C=O) groups excluding carboxylic acids is 2. The van der Waals surface area contributed by atoms with E-state index in [-0.39, 0.29) is 17.4 Å². The van der Waals surface area contributed by atoms with Crippen molar-refractivity contribution < 1.29 is 18.8 Å². The van der Waals surface area contributed by atoms with E-state index >= 15 is 0 Å². The van der Waals surface area contributed by atoms with Gasteiger partial charge in [0.05, 0.1) is 0 Å². The van der Waals surface area contributed by atoms with Crippen molar-refractivity contribution in [2.75, 3.05) is 0 Å². The number of benzene rings is 1. The summed E-state index contributed by atoms with van der Waals surface area (Å²) in [6.07, 6.45) is -0.652. The minimum absolute atomic E-state index is 0.0250. The Bertz CT molecular complexity index is 890. The molecule has 7 heteroatoms. The van der Waals surface area contributed by atoms with Crippen LogP contribution in [0.15, 0.2) is 33.8 Å². The molecule has 1 aromatic carbocycles. The van der Waals surface area contributed by atoms with Gasteiger partial charge in [-0.2, -0.15) is 0 Å². The van der Waals surface area contributed by atoms with Crippen molar-refractivity contribution in [3.8, 4) is 0 Å². The van der Waals surface area contributed by atoms with E-state index in [9.17, 15) is 9.59 Å². The standard InChI is InChI=1S/C22H31N3O4/c1-20(2,3)17(26)16(18-23-14-12-10-11-13-15(14)28-18)24-29-19(27)25(21(4,5)6)22(7,8)9/h10-13H,1-9H3/b24-16+. The van der Waals surface area contributed by atoms with Gasteiger partial charge < -0.3 is 4.42 Å². The minimum atomic E-state index is -0.764. The number of Topliss-reactive ketones (excluding diaryl/α,β-unsaturated/α-hetero) is 1. The Hall–Kier alpha value is -2.70. The van der Waals surface area contributed by atoms with Gasteiger partial charge in [-0.25, -0.2) is 9.78 Å². The second-order valence-corrected chi connectivity index (χ2v) is 10.0. The van der Waals surface area contributed by atoms with Crippen LogP contribution in [0, 0.1) is 5.41 Å². The number of oxime groups is 1. The van der Waals surface area contributed by atoms with Crippen molar-refractivity contribution in [3.63, 3.8) is 0 Å². The quantitative estimate of drug-likeness (QED) is 0.402. The molecule has 2 aromatic rings. The summed E-state index contributed by atoms with van der Waals surface area (Å²) in [5.41, 5.74) is -0.777. The Labute approximate surface area is 172 Å². The lowest BCUT2D eigenvalue weighted by Crippen LogP contribution is -2.55. The van der Waals surface area contributed by atoms with E-state index in [1.165, 1.54) is 0 Å². The van der Waals surface area contributed by atoms with E-state index in [0.717, 1.165) is 0 Å². The summed E-state index contributed by atoms with van der Waals surface area (Å²) in [7, 11) is 0. The van der Waals surface area contributed by atoms with Crippen molar-refractivity contribution in [1.82, 2.24) is 9.88 Å². The lowest BCUT2D eigenvalue weighted by atomic mass is 9.88. The van der Waals surface area contributed by atoms with Crippen molar-refractivity contribution in [2.45, 2.75) is 73.4 Å². The first-order chi connectivity index (χ1) is 13.1. The topological polar surface area (TPSA) is 85.0 Å². The molecule has 1 heterocycles. The molecule has 0 saturated heterocycles. The second kappa shape index (κ2) is 7.61. The maximum Gasteiger partial charge on any atom is 0.436 e. The molecule has 1 amide bonds. The number of carbonyl (C=O) groups is 2. The number of para-hydroxylation sites is 2. The van der Waals surface area contributed by atoms with Crippen LogP contribution in [0.3, 0.4) is 0 Å². The van der Waals surface area contributed by atoms with E-state index in [0.29, 0.717) is 11.1 Å². The fourth-order valence-corrected chi connectivity index (χ4v) is 3.19. The Morgan fingerprint density at radius 3 is 2.00 bits per heavy atom. The third kappa shape index (κ3) is 5.22. The molecule has 29 heavy (non-hydrogen) atoms. The van der Waals surface area contributed by atoms with Crippen LogP contribution in [-0.2, 0) is 9.63 Å². The van der Waals surface area contributed by atoms with Crippen LogP contribution in [0.4, 0.5) is 4.79 Å². The molecule has 0 atom stereocenters. The Kier molecular flexibility index (Phi) is 5.93. The van der Waals surface area contributed by atoms with Gasteiger partial charge in [0.15, 0.2) is 11.4 Å². The average molecular weight is 402 g/mol. The van der Waals surface area contributed by atoms with Gasteiger partial charge in [0, 0.05) is 16.5 Å². The fourth-order valence-electron chi connectivity index (χ4n) is 3.19. The van der Waals surface area contributed by atoms with Gasteiger partial charge in [-0.3, -0.25) is 14.5 Å². The highest BCUT2D eigenvalue weighted by molar-refractivity contribution is 6.46. The first-order valence-electron chi connectivity index (χ1n) is 9.62. The van der Waals surface area contributed by atoms with Crippen LogP contribution in [0.25, 0.3) is 11.1 Å². The van der Waals surface area contributed by atoms with Crippen LogP contribution in [-0.4, -0.2) is 38.5 Å². The Balaban J connectivity index is 2.47. The van der Waals surface area contributed by atoms with Gasteiger partial charge in [-0.1, -0.05) is 38.1 Å². The summed E-state index contributed by atoms with van der Waals surface area (Å²) in [6.45, 7) is 16.7. The number of fused-ring (bicyclic) bond motifs is 1. The first-order valence-corrected chi connectivity index (χ1v) is 9.62. The van der Waals surface area contributed by atoms with Crippen molar-refractivity contribution in [1.29, 1.82) is 0 Å². The highest BCUT2D eigenvalue weighted by Crippen LogP contribution is 2.26. The monoisotopic (exact) mass is 401 g/mol. The molecule has 1 aromatic heterocycles. The second-order valence-electron chi connectivity index (χ2n) is 10.0. The highest BCUT2D eigenvalue weighted by atomic mass is 16.7. The third-order valence-electron chi connectivity index (χ3n) is 4.13. The number of rotatable bonds is 3. The molecule has 0 bridgehead atoms. The summed E-state index contributed by atoms with van der Waals surface area (Å²) >= 11 is 0. The Morgan fingerprint density at radius 2 is 1.52 bits per heavy atom. The number of nitrogens with zero attached hydrogens (tertiary/aromatic N) is 3. The highest BCUT2D eigenvalue weighted by Gasteiger charge is 2.38. The number of hydrogen-bond acceptors (Lipinski definition) is 6. The normalized spacial score (nSPS) is 13.5. The maximum absolute atomic E-state index is 13.0. The Morgan fingerprint density at radius 1 is 0.966 bits per heavy atom. The van der Waals surface area contributed by atoms with Crippen LogP contribution in [0.2, 0.25) is 0 Å². The summed E-state index contributed by atoms with van der Waals surface area (Å²) in [5, 5.41) is 3.92. The number of aromatic nitrogens is 1. The van der Waals surface area contributed by atoms with Crippen LogP contribution < -0.4 is 0 Å². The number of ketones is 1. The zero-order valence-electron chi connectivity index (χ0n) is 18.8. The van der Waals surface area contributed by atoms with Gasteiger partial charge >= 0.3 is 6.09 Å². The summed E-state index contributed by atoms with van der Waals surface area (Å²) in [5.74, 6) is -0.313. The van der Waals surface area contributed by atoms with E-state index in [1.54, 1.807) is 37.8 Å². The van der Waals surface area contributed by atoms with Crippen molar-refractivity contribution >= 4 is 28.7 Å². The molecule has 158 valence electrons. The third-order valence-corrected chi connectivity index (χ3v) is 4.13. The van der Waals surface area contributed by atoms with Crippen molar-refractivity contribution in [2.24, 2.45) is 10.6 Å². The number of amides is 1. The predicted octanol–water partition coefficient (Wildman–Crippen LogP) is 5.18. The van der Waals surface area contributed by atoms with Gasteiger partial charge in [0.2, 0.25) is 5.71 Å². The molecule has 0 fully saturated rings. The van der Waals surface area contributed by atoms with E-state index in [4.69, 9.17) is 9.25 Å².